The first-order chi connectivity index (χ1) is 15.6. The quantitative estimate of drug-likeness (QED) is 0.308. The number of nitrogens with one attached hydrogen (secondary N) is 1. The molecule has 0 aliphatic heterocycles. The van der Waals surface area contributed by atoms with Crippen LogP contribution in [0, 0.1) is 0 Å². The largest absolute Gasteiger partial charge is 0.493 e. The van der Waals surface area contributed by atoms with Gasteiger partial charge in [0.15, 0.2) is 23.0 Å². The van der Waals surface area contributed by atoms with Gasteiger partial charge in [-0.2, -0.15) is 5.10 Å². The van der Waals surface area contributed by atoms with Gasteiger partial charge in [0.2, 0.25) is 0 Å². The van der Waals surface area contributed by atoms with Crippen molar-refractivity contribution in [2.24, 2.45) is 5.10 Å². The summed E-state index contributed by atoms with van der Waals surface area (Å²) >= 11 is 6.22. The number of benzene rings is 3. The van der Waals surface area contributed by atoms with E-state index >= 15 is 0 Å². The van der Waals surface area contributed by atoms with Crippen molar-refractivity contribution >= 4 is 17.8 Å². The molecule has 3 rings (SSSR count). The summed E-state index contributed by atoms with van der Waals surface area (Å²) in [6, 6.07) is 19.0. The molecule has 0 aromatic heterocycles. The number of methoxy groups -OCH3 is 2. The topological polar surface area (TPSA) is 61.3 Å². The first-order valence-corrected chi connectivity index (χ1v) is 10.6. The number of hydrogen-bond acceptors (Lipinski definition) is 6. The van der Waals surface area contributed by atoms with E-state index in [2.05, 4.69) is 10.5 Å². The van der Waals surface area contributed by atoms with Gasteiger partial charge in [0.1, 0.15) is 6.61 Å². The van der Waals surface area contributed by atoms with E-state index in [1.54, 1.807) is 20.4 Å². The monoisotopic (exact) mass is 454 g/mol. The van der Waals surface area contributed by atoms with Crippen LogP contribution >= 0.6 is 11.6 Å². The molecule has 3 aromatic rings. The normalized spacial score (nSPS) is 10.8. The minimum Gasteiger partial charge on any atom is -0.493 e. The Morgan fingerprint density at radius 1 is 0.875 bits per heavy atom. The van der Waals surface area contributed by atoms with Crippen LogP contribution in [0.15, 0.2) is 65.8 Å². The molecule has 0 saturated carbocycles. The van der Waals surface area contributed by atoms with Gasteiger partial charge >= 0.3 is 0 Å². The molecule has 0 radical (unpaired) electrons. The summed E-state index contributed by atoms with van der Waals surface area (Å²) in [6.07, 6.45) is 1.74. The van der Waals surface area contributed by atoms with Crippen LogP contribution in [0.25, 0.3) is 0 Å². The summed E-state index contributed by atoms with van der Waals surface area (Å²) < 4.78 is 22.3. The summed E-state index contributed by atoms with van der Waals surface area (Å²) in [5.41, 5.74) is 5.88. The number of nitrogens with zero attached hydrogens (tertiary/aromatic N) is 1. The van der Waals surface area contributed by atoms with E-state index in [4.69, 9.17) is 30.5 Å². The lowest BCUT2D eigenvalue weighted by molar-refractivity contribution is 0.269. The smallest absolute Gasteiger partial charge is 0.161 e. The molecule has 0 heterocycles. The van der Waals surface area contributed by atoms with E-state index in [0.717, 1.165) is 16.7 Å². The Balaban J connectivity index is 1.62. The van der Waals surface area contributed by atoms with Gasteiger partial charge < -0.3 is 24.4 Å². The van der Waals surface area contributed by atoms with Gasteiger partial charge in [0, 0.05) is 10.6 Å². The van der Waals surface area contributed by atoms with Crippen LogP contribution in [0.2, 0.25) is 5.02 Å². The van der Waals surface area contributed by atoms with Gasteiger partial charge in [0.05, 0.1) is 33.6 Å². The van der Waals surface area contributed by atoms with Gasteiger partial charge in [0.25, 0.3) is 0 Å². The highest BCUT2D eigenvalue weighted by atomic mass is 35.5. The third kappa shape index (κ3) is 6.31. The highest BCUT2D eigenvalue weighted by Gasteiger charge is 2.08. The van der Waals surface area contributed by atoms with Gasteiger partial charge in [-0.3, -0.25) is 0 Å². The SMILES string of the molecule is CCOc1cc(/C=N\NCc2ccc(OC)c(OC)c2)ccc1OCc1ccccc1Cl. The van der Waals surface area contributed by atoms with Crippen LogP contribution in [-0.2, 0) is 13.2 Å². The number of ether oxygens (including phenoxy) is 4. The van der Waals surface area contributed by atoms with Gasteiger partial charge in [-0.1, -0.05) is 35.9 Å². The zero-order valence-electron chi connectivity index (χ0n) is 18.4. The maximum atomic E-state index is 6.22. The third-order valence-corrected chi connectivity index (χ3v) is 5.01. The molecule has 0 aliphatic carbocycles. The summed E-state index contributed by atoms with van der Waals surface area (Å²) in [6.45, 7) is 3.37. The molecule has 0 spiro atoms. The van der Waals surface area contributed by atoms with Crippen molar-refractivity contribution < 1.29 is 18.9 Å². The lowest BCUT2D eigenvalue weighted by Gasteiger charge is -2.13. The molecule has 0 saturated heterocycles. The van der Waals surface area contributed by atoms with Crippen molar-refractivity contribution in [2.45, 2.75) is 20.1 Å². The van der Waals surface area contributed by atoms with Crippen molar-refractivity contribution in [3.8, 4) is 23.0 Å². The molecule has 0 bridgehead atoms. The molecule has 7 heteroatoms. The Morgan fingerprint density at radius 3 is 2.41 bits per heavy atom. The molecule has 0 amide bonds. The standard InChI is InChI=1S/C25H27ClN2O4/c1-4-31-25-14-19(10-12-23(25)32-17-20-7-5-6-8-21(20)26)16-28-27-15-18-9-11-22(29-2)24(13-18)30-3/h5-14,16,27H,4,15,17H2,1-3H3/b28-16-. The summed E-state index contributed by atoms with van der Waals surface area (Å²) in [4.78, 5) is 0. The highest BCUT2D eigenvalue weighted by Crippen LogP contribution is 2.30. The first kappa shape index (κ1) is 23.3. The van der Waals surface area contributed by atoms with Crippen molar-refractivity contribution in [1.29, 1.82) is 0 Å². The average molecular weight is 455 g/mol. The summed E-state index contributed by atoms with van der Waals surface area (Å²) in [5, 5.41) is 4.99. The van der Waals surface area contributed by atoms with Crippen molar-refractivity contribution in [3.05, 3.63) is 82.4 Å². The molecule has 0 unspecified atom stereocenters. The summed E-state index contributed by atoms with van der Waals surface area (Å²) in [5.74, 6) is 2.69. The molecule has 0 atom stereocenters. The van der Waals surface area contributed by atoms with E-state index in [9.17, 15) is 0 Å². The number of halogens is 1. The molecule has 0 aliphatic rings. The van der Waals surface area contributed by atoms with Crippen LogP contribution in [0.5, 0.6) is 23.0 Å². The van der Waals surface area contributed by atoms with E-state index in [1.807, 2.05) is 67.6 Å². The molecule has 32 heavy (non-hydrogen) atoms. The minimum atomic E-state index is 0.361. The van der Waals surface area contributed by atoms with Crippen molar-refractivity contribution in [3.63, 3.8) is 0 Å². The Kier molecular flexibility index (Phi) is 8.63. The number of hydrogen-bond donors (Lipinski definition) is 1. The van der Waals surface area contributed by atoms with E-state index < -0.39 is 0 Å². The second-order valence-corrected chi connectivity index (χ2v) is 7.21. The molecule has 168 valence electrons. The minimum absolute atomic E-state index is 0.361. The fraction of sp³-hybridized carbons (Fsp3) is 0.240. The predicted molar refractivity (Wildman–Crippen MR) is 127 cm³/mol. The Morgan fingerprint density at radius 2 is 1.66 bits per heavy atom. The molecular weight excluding hydrogens is 428 g/mol. The van der Waals surface area contributed by atoms with Gasteiger partial charge in [-0.15, -0.1) is 0 Å². The zero-order valence-corrected chi connectivity index (χ0v) is 19.2. The van der Waals surface area contributed by atoms with E-state index in [-0.39, 0.29) is 0 Å². The van der Waals surface area contributed by atoms with Crippen LogP contribution < -0.4 is 24.4 Å². The fourth-order valence-corrected chi connectivity index (χ4v) is 3.20. The lowest BCUT2D eigenvalue weighted by atomic mass is 10.2. The second kappa shape index (κ2) is 11.9. The van der Waals surface area contributed by atoms with Gasteiger partial charge in [-0.05, 0) is 54.4 Å². The predicted octanol–water partition coefficient (Wildman–Crippen LogP) is 5.46. The zero-order chi connectivity index (χ0) is 22.8. The Labute approximate surface area is 193 Å². The van der Waals surface area contributed by atoms with Gasteiger partial charge in [-0.25, -0.2) is 0 Å². The Hall–Kier alpha value is -3.38. The van der Waals surface area contributed by atoms with Crippen molar-refractivity contribution in [2.75, 3.05) is 20.8 Å². The fourth-order valence-electron chi connectivity index (χ4n) is 3.01. The van der Waals surface area contributed by atoms with Crippen LogP contribution in [-0.4, -0.2) is 27.0 Å². The van der Waals surface area contributed by atoms with E-state index in [1.165, 1.54) is 0 Å². The first-order valence-electron chi connectivity index (χ1n) is 10.2. The number of hydrazone groups is 1. The molecule has 0 fully saturated rings. The highest BCUT2D eigenvalue weighted by molar-refractivity contribution is 6.31. The van der Waals surface area contributed by atoms with Crippen LogP contribution in [0.4, 0.5) is 0 Å². The average Bonchev–Trinajstić information content (AvgIpc) is 2.82. The second-order valence-electron chi connectivity index (χ2n) is 6.80. The molecule has 3 aromatic carbocycles. The maximum absolute atomic E-state index is 6.22. The van der Waals surface area contributed by atoms with E-state index in [0.29, 0.717) is 47.8 Å². The summed E-state index contributed by atoms with van der Waals surface area (Å²) in [7, 11) is 3.23. The maximum Gasteiger partial charge on any atom is 0.161 e. The Bertz CT molecular complexity index is 1060. The molecule has 1 N–H and O–H groups in total. The number of rotatable bonds is 11. The third-order valence-electron chi connectivity index (χ3n) is 4.64. The lowest BCUT2D eigenvalue weighted by Crippen LogP contribution is -2.06. The molecular formula is C25H27ClN2O4. The molecule has 6 nitrogen and oxygen atoms in total. The van der Waals surface area contributed by atoms with Crippen LogP contribution in [0.1, 0.15) is 23.6 Å². The van der Waals surface area contributed by atoms with Crippen molar-refractivity contribution in [1.82, 2.24) is 5.43 Å². The van der Waals surface area contributed by atoms with Crippen LogP contribution in [0.3, 0.4) is 0 Å².